The molecule has 0 aromatic rings. The Kier molecular flexibility index (Phi) is 6.91. The minimum atomic E-state index is 0.417. The van der Waals surface area contributed by atoms with Crippen LogP contribution in [0, 0.1) is 0 Å². The number of rotatable bonds is 6. The van der Waals surface area contributed by atoms with E-state index in [1.54, 1.807) is 14.2 Å². The second kappa shape index (κ2) is 6.99. The first kappa shape index (κ1) is 9.88. The van der Waals surface area contributed by atoms with Gasteiger partial charge in [-0.25, -0.2) is 0 Å². The molecule has 0 radical (unpaired) electrons. The van der Waals surface area contributed by atoms with Gasteiger partial charge in [-0.3, -0.25) is 0 Å². The lowest BCUT2D eigenvalue weighted by atomic mass is 10.3. The third-order valence-electron chi connectivity index (χ3n) is 1.22. The van der Waals surface area contributed by atoms with Gasteiger partial charge in [0.2, 0.25) is 0 Å². The first-order chi connectivity index (χ1) is 4.81. The Hall–Kier alpha value is -0.120. The Bertz CT molecular complexity index is 68.6. The molecule has 0 aromatic heterocycles. The molecule has 62 valence electrons. The van der Waals surface area contributed by atoms with Crippen LogP contribution in [0.5, 0.6) is 0 Å². The van der Waals surface area contributed by atoms with Crippen LogP contribution in [0.4, 0.5) is 0 Å². The van der Waals surface area contributed by atoms with Gasteiger partial charge in [0.1, 0.15) is 0 Å². The second-order valence-corrected chi connectivity index (χ2v) is 2.30. The maximum Gasteiger partial charge on any atom is 0.0613 e. The van der Waals surface area contributed by atoms with Gasteiger partial charge in [-0.15, -0.1) is 0 Å². The third kappa shape index (κ3) is 6.01. The summed E-state index contributed by atoms with van der Waals surface area (Å²) in [6.45, 7) is 4.48. The monoisotopic (exact) mass is 147 g/mol. The minimum absolute atomic E-state index is 0.417. The van der Waals surface area contributed by atoms with E-state index in [-0.39, 0.29) is 0 Å². The Labute approximate surface area is 62.7 Å². The molecule has 3 nitrogen and oxygen atoms in total. The van der Waals surface area contributed by atoms with Crippen molar-refractivity contribution in [2.45, 2.75) is 13.0 Å². The molecule has 1 unspecified atom stereocenters. The second-order valence-electron chi connectivity index (χ2n) is 2.30. The summed E-state index contributed by atoms with van der Waals surface area (Å²) in [6, 6.07) is 0.417. The molecular formula is C7H17NO2. The summed E-state index contributed by atoms with van der Waals surface area (Å²) < 4.78 is 9.80. The van der Waals surface area contributed by atoms with E-state index in [0.29, 0.717) is 6.04 Å². The van der Waals surface area contributed by atoms with Gasteiger partial charge in [-0.2, -0.15) is 0 Å². The number of methoxy groups -OCH3 is 2. The average Bonchev–Trinajstić information content (AvgIpc) is 1.89. The Balaban J connectivity index is 2.97. The Morgan fingerprint density at radius 2 is 2.00 bits per heavy atom. The summed E-state index contributed by atoms with van der Waals surface area (Å²) in [7, 11) is 3.40. The van der Waals surface area contributed by atoms with Crippen molar-refractivity contribution in [2.24, 2.45) is 0 Å². The molecule has 0 heterocycles. The van der Waals surface area contributed by atoms with Crippen LogP contribution in [0.3, 0.4) is 0 Å². The van der Waals surface area contributed by atoms with Crippen molar-refractivity contribution < 1.29 is 9.47 Å². The van der Waals surface area contributed by atoms with E-state index >= 15 is 0 Å². The number of hydrogen-bond acceptors (Lipinski definition) is 3. The van der Waals surface area contributed by atoms with Crippen LogP contribution in [0.15, 0.2) is 0 Å². The van der Waals surface area contributed by atoms with Crippen LogP contribution in [0.2, 0.25) is 0 Å². The molecule has 10 heavy (non-hydrogen) atoms. The van der Waals surface area contributed by atoms with Gasteiger partial charge in [-0.1, -0.05) is 0 Å². The van der Waals surface area contributed by atoms with Crippen LogP contribution in [0.1, 0.15) is 6.92 Å². The summed E-state index contributed by atoms with van der Waals surface area (Å²) in [5.74, 6) is 0. The SMILES string of the molecule is COCCNC(C)COC. The average molecular weight is 147 g/mol. The van der Waals surface area contributed by atoms with Gasteiger partial charge in [0, 0.05) is 26.8 Å². The molecule has 0 fully saturated rings. The smallest absolute Gasteiger partial charge is 0.0613 e. The van der Waals surface area contributed by atoms with E-state index in [1.165, 1.54) is 0 Å². The summed E-state index contributed by atoms with van der Waals surface area (Å²) in [5, 5.41) is 3.23. The summed E-state index contributed by atoms with van der Waals surface area (Å²) in [4.78, 5) is 0. The molecule has 0 aliphatic rings. The lowest BCUT2D eigenvalue weighted by molar-refractivity contribution is 0.158. The van der Waals surface area contributed by atoms with E-state index < -0.39 is 0 Å². The molecule has 3 heteroatoms. The zero-order valence-electron chi connectivity index (χ0n) is 7.02. The molecule has 0 aliphatic heterocycles. The van der Waals surface area contributed by atoms with Crippen molar-refractivity contribution in [3.63, 3.8) is 0 Å². The van der Waals surface area contributed by atoms with Crippen LogP contribution < -0.4 is 5.32 Å². The van der Waals surface area contributed by atoms with Crippen molar-refractivity contribution in [3.05, 3.63) is 0 Å². The number of ether oxygens (including phenoxy) is 2. The van der Waals surface area contributed by atoms with Gasteiger partial charge in [0.05, 0.1) is 13.2 Å². The molecule has 0 aromatic carbocycles. The molecule has 1 N–H and O–H groups in total. The van der Waals surface area contributed by atoms with E-state index in [9.17, 15) is 0 Å². The number of nitrogens with one attached hydrogen (secondary N) is 1. The molecule has 0 rings (SSSR count). The van der Waals surface area contributed by atoms with Crippen molar-refractivity contribution in [1.82, 2.24) is 5.32 Å². The van der Waals surface area contributed by atoms with Crippen LogP contribution in [-0.2, 0) is 9.47 Å². The largest absolute Gasteiger partial charge is 0.383 e. The van der Waals surface area contributed by atoms with Gasteiger partial charge in [-0.05, 0) is 6.92 Å². The Morgan fingerprint density at radius 1 is 1.30 bits per heavy atom. The highest BCUT2D eigenvalue weighted by Crippen LogP contribution is 1.80. The highest BCUT2D eigenvalue weighted by Gasteiger charge is 1.97. The molecule has 0 saturated carbocycles. The first-order valence-corrected chi connectivity index (χ1v) is 3.52. The molecule has 0 bridgehead atoms. The first-order valence-electron chi connectivity index (χ1n) is 3.52. The van der Waals surface area contributed by atoms with Gasteiger partial charge in [0.25, 0.3) is 0 Å². The fourth-order valence-electron chi connectivity index (χ4n) is 0.716. The van der Waals surface area contributed by atoms with E-state index in [0.717, 1.165) is 19.8 Å². The van der Waals surface area contributed by atoms with Crippen LogP contribution >= 0.6 is 0 Å². The normalized spacial score (nSPS) is 13.5. The van der Waals surface area contributed by atoms with Crippen molar-refractivity contribution in [2.75, 3.05) is 34.0 Å². The zero-order valence-corrected chi connectivity index (χ0v) is 7.02. The fraction of sp³-hybridized carbons (Fsp3) is 1.00. The molecular weight excluding hydrogens is 130 g/mol. The third-order valence-corrected chi connectivity index (χ3v) is 1.22. The van der Waals surface area contributed by atoms with Gasteiger partial charge < -0.3 is 14.8 Å². The predicted octanol–water partition coefficient (Wildman–Crippen LogP) is 0.257. The van der Waals surface area contributed by atoms with Crippen molar-refractivity contribution >= 4 is 0 Å². The van der Waals surface area contributed by atoms with Gasteiger partial charge >= 0.3 is 0 Å². The highest BCUT2D eigenvalue weighted by atomic mass is 16.5. The van der Waals surface area contributed by atoms with Crippen molar-refractivity contribution in [1.29, 1.82) is 0 Å². The van der Waals surface area contributed by atoms with Crippen LogP contribution in [-0.4, -0.2) is 40.0 Å². The summed E-state index contributed by atoms with van der Waals surface area (Å²) >= 11 is 0. The van der Waals surface area contributed by atoms with E-state index in [4.69, 9.17) is 9.47 Å². The van der Waals surface area contributed by atoms with Gasteiger partial charge in [0.15, 0.2) is 0 Å². The maximum absolute atomic E-state index is 4.93. The van der Waals surface area contributed by atoms with E-state index in [2.05, 4.69) is 12.2 Å². The lowest BCUT2D eigenvalue weighted by Gasteiger charge is -2.11. The topological polar surface area (TPSA) is 30.5 Å². The molecule has 0 saturated heterocycles. The number of hydrogen-bond donors (Lipinski definition) is 1. The van der Waals surface area contributed by atoms with Crippen molar-refractivity contribution in [3.8, 4) is 0 Å². The lowest BCUT2D eigenvalue weighted by Crippen LogP contribution is -2.32. The molecule has 0 spiro atoms. The maximum atomic E-state index is 4.93. The molecule has 1 atom stereocenters. The Morgan fingerprint density at radius 3 is 2.50 bits per heavy atom. The molecule has 0 amide bonds. The molecule has 0 aliphatic carbocycles. The zero-order chi connectivity index (χ0) is 7.82. The summed E-state index contributed by atoms with van der Waals surface area (Å²) in [5.41, 5.74) is 0. The highest BCUT2D eigenvalue weighted by molar-refractivity contribution is 4.57. The van der Waals surface area contributed by atoms with Crippen LogP contribution in [0.25, 0.3) is 0 Å². The fourth-order valence-corrected chi connectivity index (χ4v) is 0.716. The predicted molar refractivity (Wildman–Crippen MR) is 41.2 cm³/mol. The van der Waals surface area contributed by atoms with E-state index in [1.807, 2.05) is 0 Å². The minimum Gasteiger partial charge on any atom is -0.383 e. The standard InChI is InChI=1S/C7H17NO2/c1-7(6-10-3)8-4-5-9-2/h7-8H,4-6H2,1-3H3. The summed E-state index contributed by atoms with van der Waals surface area (Å²) in [6.07, 6.45) is 0. The quantitative estimate of drug-likeness (QED) is 0.547.